The molecule has 0 bridgehead atoms. The Morgan fingerprint density at radius 2 is 0.708 bits per heavy atom. The standard InChI is InChI=1S/C36H33F9O3Si.C32H24F6Si.C8H4BrF3O.C8H9Cl3Si.H2/c1-24-10-16-28(17-11-24)49(23-22-25-8-6-5-7-9-25,29-18-12-26(13-19-29)47-32(3,39)31(2,37)38)30-20-14-27(15-21-30)48-36(45)34(42,43)33(40,41)35(36,44)46-4;33-30(34)20-24-6-12-27(13-7-24)39(19-18-23-4-2-1-3-5-23,28-14-8-25(9-15-28)21-31(35)36)29-16-10-26(11-17-29)22-32(37)38;9-5-1-3-6(4-2-5)13-8(12)7(10)11;9-12(10,11)7-6-8-4-2-1-3-5-8;/h5-21H,22-23H2,1-4H3;1-17,20-22H,18-19H2;1-4H;1-5H,6-7H2;1H/i;;;;1+1. The van der Waals surface area contributed by atoms with Crippen LogP contribution in [-0.4, -0.2) is 64.6 Å². The van der Waals surface area contributed by atoms with Gasteiger partial charge in [-0.1, -0.05) is 234 Å². The van der Waals surface area contributed by atoms with Crippen LogP contribution in [0.3, 0.4) is 0 Å². The van der Waals surface area contributed by atoms with Gasteiger partial charge in [0.25, 0.3) is 18.2 Å². The van der Waals surface area contributed by atoms with Crippen LogP contribution in [0.15, 0.2) is 296 Å². The first kappa shape index (κ1) is 89.8. The first-order chi connectivity index (χ1) is 53.2. The lowest BCUT2D eigenvalue weighted by molar-refractivity contribution is -0.538. The molecule has 0 amide bonds. The van der Waals surface area contributed by atoms with Gasteiger partial charge < -0.3 is 18.9 Å². The number of benzene rings is 10. The van der Waals surface area contributed by atoms with Gasteiger partial charge in [-0.25, -0.2) is 0 Å². The molecule has 10 aromatic carbocycles. The summed E-state index contributed by atoms with van der Waals surface area (Å²) in [5, 5.41) is 4.98. The van der Waals surface area contributed by atoms with Crippen molar-refractivity contribution in [3.63, 3.8) is 0 Å². The van der Waals surface area contributed by atoms with Gasteiger partial charge in [-0.2, -0.15) is 79.0 Å². The zero-order chi connectivity index (χ0) is 82.8. The maximum Gasteiger partial charge on any atom is 0.390 e. The summed E-state index contributed by atoms with van der Waals surface area (Å²) < 4.78 is 260. The van der Waals surface area contributed by atoms with E-state index in [1.165, 1.54) is 42.0 Å². The number of ether oxygens (including phenoxy) is 4. The lowest BCUT2D eigenvalue weighted by Gasteiger charge is -2.55. The number of rotatable bonds is 26. The highest BCUT2D eigenvalue weighted by atomic mass is 79.9. The predicted molar refractivity (Wildman–Crippen MR) is 425 cm³/mol. The van der Waals surface area contributed by atoms with E-state index in [9.17, 15) is 74.6 Å². The maximum atomic E-state index is 15.3. The van der Waals surface area contributed by atoms with Crippen molar-refractivity contribution in [2.24, 2.45) is 0 Å². The maximum absolute atomic E-state index is 15.3. The molecule has 113 heavy (non-hydrogen) atoms. The molecule has 11 rings (SSSR count). The van der Waals surface area contributed by atoms with Crippen LogP contribution in [0.1, 0.15) is 54.2 Å². The third-order valence-corrected chi connectivity index (χ3v) is 31.5. The Morgan fingerprint density at radius 1 is 0.407 bits per heavy atom. The van der Waals surface area contributed by atoms with Gasteiger partial charge in [0.1, 0.15) is 33.4 Å². The molecule has 0 aromatic heterocycles. The van der Waals surface area contributed by atoms with E-state index in [-0.39, 0.29) is 12.9 Å². The second-order valence-corrected chi connectivity index (χ2v) is 44.4. The molecule has 1 saturated carbocycles. The van der Waals surface area contributed by atoms with E-state index in [1.807, 2.05) is 159 Å². The number of aryl methyl sites for hydroxylation is 4. The van der Waals surface area contributed by atoms with Crippen molar-refractivity contribution in [2.45, 2.75) is 93.5 Å². The minimum absolute atomic E-state index is 0. The first-order valence-corrected chi connectivity index (χ1v) is 44.8. The summed E-state index contributed by atoms with van der Waals surface area (Å²) in [6.45, 7) is 2.92. The number of alkyl halides is 9. The first-order valence-electron chi connectivity index (χ1n) is 34.3. The van der Waals surface area contributed by atoms with Gasteiger partial charge >= 0.3 is 53.4 Å². The fourth-order valence-electron chi connectivity index (χ4n) is 12.4. The molecule has 598 valence electrons. The van der Waals surface area contributed by atoms with Crippen molar-refractivity contribution in [1.82, 2.24) is 0 Å². The average molecular weight is 1760 g/mol. The molecule has 1 aliphatic rings. The highest BCUT2D eigenvalue weighted by molar-refractivity contribution is 9.10. The molecular formula is C84H72BrCl3F18O4Si3. The Hall–Kier alpha value is -8.74. The van der Waals surface area contributed by atoms with Crippen molar-refractivity contribution in [1.29, 1.82) is 0 Å². The van der Waals surface area contributed by atoms with Crippen LogP contribution in [0.5, 0.6) is 17.2 Å². The minimum Gasteiger partial charge on any atom is -0.452 e. The molecule has 0 saturated heterocycles. The molecule has 0 aliphatic heterocycles. The van der Waals surface area contributed by atoms with Gasteiger partial charge in [-0.15, -0.1) is 33.2 Å². The zero-order valence-corrected chi connectivity index (χ0v) is 67.1. The molecule has 4 nitrogen and oxygen atoms in total. The molecule has 1 fully saturated rings. The molecule has 0 N–H and O–H groups in total. The van der Waals surface area contributed by atoms with Gasteiger partial charge in [-0.3, -0.25) is 0 Å². The Morgan fingerprint density at radius 3 is 1.02 bits per heavy atom. The second-order valence-electron chi connectivity index (χ2n) is 26.1. The summed E-state index contributed by atoms with van der Waals surface area (Å²) in [4.78, 5) is 0. The van der Waals surface area contributed by atoms with Gasteiger partial charge in [0.15, 0.2) is 0 Å². The molecule has 29 heteroatoms. The molecule has 4 unspecified atom stereocenters. The number of hydrogen-bond donors (Lipinski definition) is 0. The van der Waals surface area contributed by atoms with Crippen LogP contribution in [0.4, 0.5) is 79.0 Å². The summed E-state index contributed by atoms with van der Waals surface area (Å²) in [6, 6.07) is 72.2. The zero-order valence-electron chi connectivity index (χ0n) is 60.2. The number of methoxy groups -OCH3 is 1. The largest absolute Gasteiger partial charge is 0.452 e. The Balaban J connectivity index is 0.000000243. The Labute approximate surface area is 668 Å². The molecule has 4 atom stereocenters. The molecule has 10 aromatic rings. The summed E-state index contributed by atoms with van der Waals surface area (Å²) in [5.41, 5.74) is 5.32. The van der Waals surface area contributed by atoms with Gasteiger partial charge in [0.2, 0.25) is 0 Å². The smallest absolute Gasteiger partial charge is 0.390 e. The van der Waals surface area contributed by atoms with Crippen LogP contribution < -0.4 is 45.3 Å². The summed E-state index contributed by atoms with van der Waals surface area (Å²) in [5.74, 6) is -28.6. The van der Waals surface area contributed by atoms with Crippen molar-refractivity contribution in [3.8, 4) is 17.2 Å². The van der Waals surface area contributed by atoms with E-state index in [0.717, 1.165) is 78.7 Å². The predicted octanol–water partition coefficient (Wildman–Crippen LogP) is 24.2. The Bertz CT molecular complexity index is 4690. The minimum atomic E-state index is -5.55. The van der Waals surface area contributed by atoms with E-state index < -0.39 is 93.6 Å². The average Bonchev–Trinajstić information content (AvgIpc) is 0.656. The van der Waals surface area contributed by atoms with E-state index in [2.05, 4.69) is 30.1 Å². The van der Waals surface area contributed by atoms with Gasteiger partial charge in [0, 0.05) is 45.1 Å². The fraction of sp³-hybridized carbons (Fsp3) is 0.190. The van der Waals surface area contributed by atoms with Crippen molar-refractivity contribution in [2.75, 3.05) is 7.11 Å². The SMILES string of the molecule is COC1(F)C(F)(F)C(F)(F)C1(F)Oc1ccc([Si](CCc2ccccc2)(c2ccc(C)cc2)c2ccc(OC(C)(F)C(C)(F)F)cc2)cc1.Cl[Si](Cl)(Cl)CCc1ccccc1.FC(F)=C(F)Oc1ccc(Br)cc1.FC(F)=Cc1ccc([Si](CCc2ccccc2)(c2ccc(C=C(F)F)cc2)c2ccc(C=C(F)F)cc2)cc1.[2HH]. The van der Waals surface area contributed by atoms with E-state index in [0.29, 0.717) is 79.0 Å². The van der Waals surface area contributed by atoms with Crippen molar-refractivity contribution < 1.29 is 99.4 Å². The highest BCUT2D eigenvalue weighted by Gasteiger charge is 3.02. The van der Waals surface area contributed by atoms with Crippen molar-refractivity contribution in [3.05, 3.63) is 335 Å². The highest BCUT2D eigenvalue weighted by Crippen LogP contribution is 2.68. The second kappa shape index (κ2) is 38.6. The van der Waals surface area contributed by atoms with E-state index in [4.69, 9.17) is 38.0 Å². The molecule has 0 radical (unpaired) electrons. The third kappa shape index (κ3) is 22.4. The summed E-state index contributed by atoms with van der Waals surface area (Å²) >= 11 is 20.4. The quantitative estimate of drug-likeness (QED) is 0.0178. The normalized spacial score (nSPS) is 16.5. The summed E-state index contributed by atoms with van der Waals surface area (Å²) in [7, 11) is -5.81. The number of halogens is 22. The lowest BCUT2D eigenvalue weighted by atomic mass is 9.76. The van der Waals surface area contributed by atoms with Gasteiger partial charge in [-0.05, 0) is 157 Å². The Kier molecular flexibility index (Phi) is 30.7. The third-order valence-electron chi connectivity index (χ3n) is 18.5. The topological polar surface area (TPSA) is 36.9 Å². The van der Waals surface area contributed by atoms with Gasteiger partial charge in [0.05, 0.1) is 0 Å². The molecule has 1 aliphatic carbocycles. The van der Waals surface area contributed by atoms with Crippen LogP contribution in [-0.2, 0) is 24.0 Å². The lowest BCUT2D eigenvalue weighted by Crippen LogP contribution is -2.88. The van der Waals surface area contributed by atoms with Crippen LogP contribution in [0.2, 0.25) is 18.1 Å². The molecule has 0 heterocycles. The van der Waals surface area contributed by atoms with Crippen LogP contribution >= 0.6 is 49.2 Å². The van der Waals surface area contributed by atoms with E-state index in [1.54, 1.807) is 60.7 Å². The monoisotopic (exact) mass is 1760 g/mol. The van der Waals surface area contributed by atoms with E-state index >= 15 is 4.39 Å². The molecular weight excluding hydrogens is 1690 g/mol. The number of hydrogen-bond acceptors (Lipinski definition) is 4. The summed E-state index contributed by atoms with van der Waals surface area (Å²) in [6.07, 6.45) is -3.42. The van der Waals surface area contributed by atoms with Crippen molar-refractivity contribution >= 4 is 121 Å². The molecule has 0 spiro atoms. The fourth-order valence-corrected chi connectivity index (χ4v) is 23.6. The van der Waals surface area contributed by atoms with Crippen LogP contribution in [0.25, 0.3) is 18.2 Å². The van der Waals surface area contributed by atoms with Crippen LogP contribution in [0, 0.1) is 6.92 Å².